The third kappa shape index (κ3) is 4.55. The van der Waals surface area contributed by atoms with Crippen LogP contribution in [0.2, 0.25) is 0 Å². The second kappa shape index (κ2) is 6.91. The van der Waals surface area contributed by atoms with Crippen LogP contribution in [0.25, 0.3) is 0 Å². The van der Waals surface area contributed by atoms with Crippen molar-refractivity contribution in [3.8, 4) is 0 Å². The van der Waals surface area contributed by atoms with Crippen LogP contribution in [0.3, 0.4) is 0 Å². The van der Waals surface area contributed by atoms with Crippen LogP contribution in [0.4, 0.5) is 0 Å². The Hall–Kier alpha value is -0.0800. The maximum atomic E-state index is 3.72. The second-order valence-corrected chi connectivity index (χ2v) is 7.21. The Labute approximate surface area is 113 Å². The van der Waals surface area contributed by atoms with Gasteiger partial charge in [0.25, 0.3) is 0 Å². The molecule has 0 bridgehead atoms. The lowest BCUT2D eigenvalue weighted by molar-refractivity contribution is 0.350. The monoisotopic (exact) mass is 252 g/mol. The number of nitrogens with one attached hydrogen (secondary N) is 2. The summed E-state index contributed by atoms with van der Waals surface area (Å²) in [5, 5.41) is 7.35. The Balaban J connectivity index is 1.64. The third-order valence-corrected chi connectivity index (χ3v) is 4.65. The van der Waals surface area contributed by atoms with E-state index in [4.69, 9.17) is 0 Å². The lowest BCUT2D eigenvalue weighted by Crippen LogP contribution is -2.24. The van der Waals surface area contributed by atoms with Crippen LogP contribution in [-0.2, 0) is 0 Å². The molecule has 18 heavy (non-hydrogen) atoms. The molecule has 2 saturated heterocycles. The highest BCUT2D eigenvalue weighted by Crippen LogP contribution is 2.27. The minimum atomic E-state index is 0.798. The zero-order valence-electron chi connectivity index (χ0n) is 12.5. The number of hydrogen-bond donors (Lipinski definition) is 2. The molecule has 2 aliphatic heterocycles. The van der Waals surface area contributed by atoms with Gasteiger partial charge in [-0.3, -0.25) is 0 Å². The largest absolute Gasteiger partial charge is 0.314 e. The molecule has 106 valence electrons. The topological polar surface area (TPSA) is 24.1 Å². The van der Waals surface area contributed by atoms with E-state index in [1.54, 1.807) is 0 Å². The number of rotatable bonds is 6. The smallest absolute Gasteiger partial charge is 0.00727 e. The first-order valence-corrected chi connectivity index (χ1v) is 8.10. The van der Waals surface area contributed by atoms with Crippen LogP contribution < -0.4 is 10.6 Å². The Kier molecular flexibility index (Phi) is 5.50. The van der Waals surface area contributed by atoms with Gasteiger partial charge in [0.1, 0.15) is 0 Å². The lowest BCUT2D eigenvalue weighted by atomic mass is 9.88. The zero-order valence-corrected chi connectivity index (χ0v) is 12.5. The van der Waals surface area contributed by atoms with Crippen LogP contribution in [0.5, 0.6) is 0 Å². The Bertz CT molecular complexity index is 233. The van der Waals surface area contributed by atoms with E-state index in [0.717, 1.165) is 29.8 Å². The van der Waals surface area contributed by atoms with Gasteiger partial charge < -0.3 is 10.6 Å². The van der Waals surface area contributed by atoms with E-state index in [-0.39, 0.29) is 0 Å². The van der Waals surface area contributed by atoms with Crippen molar-refractivity contribution >= 4 is 0 Å². The van der Waals surface area contributed by atoms with Crippen LogP contribution in [0.15, 0.2) is 0 Å². The fraction of sp³-hybridized carbons (Fsp3) is 1.00. The Morgan fingerprint density at radius 2 is 1.83 bits per heavy atom. The summed E-state index contributed by atoms with van der Waals surface area (Å²) in [6.07, 6.45) is 8.39. The van der Waals surface area contributed by atoms with E-state index in [9.17, 15) is 0 Å². The SMILES string of the molecule is CC(C)C[C@H]1CC(CC(C)C[C@@H]2CCCN2)CN1. The quantitative estimate of drug-likeness (QED) is 0.759. The van der Waals surface area contributed by atoms with Crippen LogP contribution in [-0.4, -0.2) is 25.2 Å². The van der Waals surface area contributed by atoms with Crippen molar-refractivity contribution in [3.05, 3.63) is 0 Å². The van der Waals surface area contributed by atoms with Gasteiger partial charge in [-0.05, 0) is 69.4 Å². The molecule has 0 aliphatic carbocycles. The molecule has 0 aromatic carbocycles. The molecule has 0 saturated carbocycles. The number of hydrogen-bond acceptors (Lipinski definition) is 2. The van der Waals surface area contributed by atoms with Crippen molar-refractivity contribution in [3.63, 3.8) is 0 Å². The van der Waals surface area contributed by atoms with Crippen molar-refractivity contribution in [2.45, 2.75) is 71.4 Å². The van der Waals surface area contributed by atoms with E-state index in [1.807, 2.05) is 0 Å². The molecule has 0 amide bonds. The Morgan fingerprint density at radius 1 is 1.00 bits per heavy atom. The molecule has 2 fully saturated rings. The van der Waals surface area contributed by atoms with Crippen molar-refractivity contribution in [1.29, 1.82) is 0 Å². The molecule has 0 aromatic rings. The summed E-state index contributed by atoms with van der Waals surface area (Å²) < 4.78 is 0. The van der Waals surface area contributed by atoms with Gasteiger partial charge in [0.05, 0.1) is 0 Å². The molecule has 2 nitrogen and oxygen atoms in total. The summed E-state index contributed by atoms with van der Waals surface area (Å²) in [7, 11) is 0. The highest BCUT2D eigenvalue weighted by molar-refractivity contribution is 4.84. The summed E-state index contributed by atoms with van der Waals surface area (Å²) in [5.74, 6) is 2.66. The summed E-state index contributed by atoms with van der Waals surface area (Å²) in [4.78, 5) is 0. The average Bonchev–Trinajstić information content (AvgIpc) is 2.89. The maximum Gasteiger partial charge on any atom is 0.00727 e. The first kappa shape index (κ1) is 14.3. The van der Waals surface area contributed by atoms with E-state index < -0.39 is 0 Å². The van der Waals surface area contributed by atoms with Gasteiger partial charge in [-0.1, -0.05) is 20.8 Å². The zero-order chi connectivity index (χ0) is 13.0. The van der Waals surface area contributed by atoms with Gasteiger partial charge in [0, 0.05) is 12.1 Å². The normalized spacial score (nSPS) is 34.3. The minimum absolute atomic E-state index is 0.798. The first-order valence-electron chi connectivity index (χ1n) is 8.10. The lowest BCUT2D eigenvalue weighted by Gasteiger charge is -2.20. The molecule has 2 heteroatoms. The fourth-order valence-electron chi connectivity index (χ4n) is 3.94. The van der Waals surface area contributed by atoms with Gasteiger partial charge in [-0.15, -0.1) is 0 Å². The van der Waals surface area contributed by atoms with Crippen molar-refractivity contribution in [2.75, 3.05) is 13.1 Å². The molecule has 4 atom stereocenters. The molecule has 2 aliphatic rings. The summed E-state index contributed by atoms with van der Waals surface area (Å²) in [5.41, 5.74) is 0. The molecule has 0 radical (unpaired) electrons. The van der Waals surface area contributed by atoms with E-state index in [0.29, 0.717) is 0 Å². The van der Waals surface area contributed by atoms with E-state index in [1.165, 1.54) is 51.6 Å². The van der Waals surface area contributed by atoms with Gasteiger partial charge in [-0.25, -0.2) is 0 Å². The molecule has 2 rings (SSSR count). The second-order valence-electron chi connectivity index (χ2n) is 7.21. The molecule has 2 unspecified atom stereocenters. The highest BCUT2D eigenvalue weighted by atomic mass is 15.0. The van der Waals surface area contributed by atoms with Gasteiger partial charge in [-0.2, -0.15) is 0 Å². The van der Waals surface area contributed by atoms with Crippen LogP contribution in [0, 0.1) is 17.8 Å². The highest BCUT2D eigenvalue weighted by Gasteiger charge is 2.26. The summed E-state index contributed by atoms with van der Waals surface area (Å²) in [6.45, 7) is 9.64. The molecule has 0 aromatic heterocycles. The van der Waals surface area contributed by atoms with Crippen LogP contribution in [0.1, 0.15) is 59.3 Å². The third-order valence-electron chi connectivity index (χ3n) is 4.65. The standard InChI is InChI=1S/C16H32N2/c1-12(2)7-16-10-14(11-18-16)8-13(3)9-15-5-4-6-17-15/h12-18H,4-11H2,1-3H3/t13?,14?,15-,16-/m0/s1. The Morgan fingerprint density at radius 3 is 2.50 bits per heavy atom. The van der Waals surface area contributed by atoms with Gasteiger partial charge >= 0.3 is 0 Å². The van der Waals surface area contributed by atoms with Crippen molar-refractivity contribution < 1.29 is 0 Å². The molecule has 2 N–H and O–H groups in total. The maximum absolute atomic E-state index is 3.72. The molecular formula is C16H32N2. The van der Waals surface area contributed by atoms with E-state index in [2.05, 4.69) is 31.4 Å². The predicted molar refractivity (Wildman–Crippen MR) is 78.8 cm³/mol. The van der Waals surface area contributed by atoms with Gasteiger partial charge in [0.15, 0.2) is 0 Å². The van der Waals surface area contributed by atoms with E-state index >= 15 is 0 Å². The average molecular weight is 252 g/mol. The predicted octanol–water partition coefficient (Wildman–Crippen LogP) is 3.18. The molecule has 0 spiro atoms. The first-order chi connectivity index (χ1) is 8.63. The summed E-state index contributed by atoms with van der Waals surface area (Å²) in [6, 6.07) is 1.62. The molecular weight excluding hydrogens is 220 g/mol. The van der Waals surface area contributed by atoms with Crippen molar-refractivity contribution in [2.24, 2.45) is 17.8 Å². The van der Waals surface area contributed by atoms with Crippen molar-refractivity contribution in [1.82, 2.24) is 10.6 Å². The van der Waals surface area contributed by atoms with Gasteiger partial charge in [0.2, 0.25) is 0 Å². The minimum Gasteiger partial charge on any atom is -0.314 e. The molecule has 2 heterocycles. The van der Waals surface area contributed by atoms with Crippen LogP contribution >= 0.6 is 0 Å². The fourth-order valence-corrected chi connectivity index (χ4v) is 3.94. The summed E-state index contributed by atoms with van der Waals surface area (Å²) >= 11 is 0.